The Morgan fingerprint density at radius 1 is 1.23 bits per heavy atom. The summed E-state index contributed by atoms with van der Waals surface area (Å²) in [5.41, 5.74) is 5.87. The molecule has 0 radical (unpaired) electrons. The molecule has 2 heterocycles. The van der Waals surface area contributed by atoms with Crippen LogP contribution >= 0.6 is 0 Å². The van der Waals surface area contributed by atoms with Gasteiger partial charge in [0.05, 0.1) is 40.8 Å². The van der Waals surface area contributed by atoms with Gasteiger partial charge in [0.1, 0.15) is 0 Å². The van der Waals surface area contributed by atoms with E-state index in [-0.39, 0.29) is 11.5 Å². The molecule has 0 spiro atoms. The van der Waals surface area contributed by atoms with Crippen molar-refractivity contribution in [2.24, 2.45) is 0 Å². The van der Waals surface area contributed by atoms with E-state index in [4.69, 9.17) is 5.26 Å². The number of hydrogen-bond donors (Lipinski definition) is 2. The van der Waals surface area contributed by atoms with Crippen molar-refractivity contribution in [3.05, 3.63) is 80.0 Å². The fourth-order valence-electron chi connectivity index (χ4n) is 4.02. The third kappa shape index (κ3) is 3.77. The van der Waals surface area contributed by atoms with Gasteiger partial charge in [0, 0.05) is 11.8 Å². The van der Waals surface area contributed by atoms with E-state index in [0.717, 1.165) is 48.2 Å². The van der Waals surface area contributed by atoms with Crippen molar-refractivity contribution in [3.63, 3.8) is 0 Å². The lowest BCUT2D eigenvalue weighted by molar-refractivity contribution is 0.102. The minimum absolute atomic E-state index is 0.245. The molecule has 30 heavy (non-hydrogen) atoms. The molecule has 0 fully saturated rings. The molecular weight excluding hydrogens is 378 g/mol. The summed E-state index contributed by atoms with van der Waals surface area (Å²) in [7, 11) is 0. The van der Waals surface area contributed by atoms with Gasteiger partial charge in [0.15, 0.2) is 0 Å². The van der Waals surface area contributed by atoms with Gasteiger partial charge in [0.25, 0.3) is 5.91 Å². The molecule has 1 aliphatic rings. The van der Waals surface area contributed by atoms with Crippen LogP contribution in [0.5, 0.6) is 0 Å². The van der Waals surface area contributed by atoms with Crippen molar-refractivity contribution in [1.82, 2.24) is 14.8 Å². The van der Waals surface area contributed by atoms with E-state index in [0.29, 0.717) is 29.1 Å². The van der Waals surface area contributed by atoms with E-state index in [2.05, 4.69) is 21.5 Å². The molecule has 0 saturated heterocycles. The zero-order chi connectivity index (χ0) is 21.3. The molecule has 152 valence electrons. The smallest absolute Gasteiger partial charge is 0.256 e. The van der Waals surface area contributed by atoms with Crippen molar-refractivity contribution in [1.29, 1.82) is 5.26 Å². The van der Waals surface area contributed by atoms with E-state index < -0.39 is 0 Å². The highest BCUT2D eigenvalue weighted by Gasteiger charge is 2.21. The van der Waals surface area contributed by atoms with Crippen molar-refractivity contribution >= 4 is 11.6 Å². The largest absolute Gasteiger partial charge is 0.326 e. The molecule has 4 rings (SSSR count). The van der Waals surface area contributed by atoms with Crippen LogP contribution in [0.15, 0.2) is 35.1 Å². The average molecular weight is 401 g/mol. The second-order valence-electron chi connectivity index (χ2n) is 7.68. The summed E-state index contributed by atoms with van der Waals surface area (Å²) in [4.78, 5) is 28.0. The Morgan fingerprint density at radius 2 is 1.97 bits per heavy atom. The van der Waals surface area contributed by atoms with E-state index >= 15 is 0 Å². The van der Waals surface area contributed by atoms with Crippen LogP contribution in [0.4, 0.5) is 5.69 Å². The molecule has 0 bridgehead atoms. The van der Waals surface area contributed by atoms with Crippen molar-refractivity contribution < 1.29 is 4.79 Å². The van der Waals surface area contributed by atoms with E-state index in [1.165, 1.54) is 6.07 Å². The quantitative estimate of drug-likeness (QED) is 0.700. The molecule has 7 nitrogen and oxygen atoms in total. The van der Waals surface area contributed by atoms with Crippen molar-refractivity contribution in [3.8, 4) is 6.07 Å². The van der Waals surface area contributed by atoms with Gasteiger partial charge in [-0.1, -0.05) is 12.1 Å². The van der Waals surface area contributed by atoms with Crippen molar-refractivity contribution in [2.75, 3.05) is 5.32 Å². The highest BCUT2D eigenvalue weighted by molar-refractivity contribution is 6.06. The number of nitrogens with one attached hydrogen (secondary N) is 2. The Bertz CT molecular complexity index is 1210. The molecule has 0 aliphatic heterocycles. The molecule has 0 unspecified atom stereocenters. The first-order chi connectivity index (χ1) is 14.5. The third-order valence-corrected chi connectivity index (χ3v) is 5.62. The average Bonchev–Trinajstić information content (AvgIpc) is 3.01. The van der Waals surface area contributed by atoms with Crippen LogP contribution in [-0.2, 0) is 19.4 Å². The Balaban J connectivity index is 1.60. The highest BCUT2D eigenvalue weighted by atomic mass is 16.2. The summed E-state index contributed by atoms with van der Waals surface area (Å²) >= 11 is 0. The second-order valence-corrected chi connectivity index (χ2v) is 7.68. The van der Waals surface area contributed by atoms with Crippen LogP contribution in [0.25, 0.3) is 0 Å². The van der Waals surface area contributed by atoms with Crippen LogP contribution < -0.4 is 10.9 Å². The second kappa shape index (κ2) is 7.99. The molecule has 7 heteroatoms. The van der Waals surface area contributed by atoms with Gasteiger partial charge in [-0.25, -0.2) is 0 Å². The lowest BCUT2D eigenvalue weighted by Crippen LogP contribution is -2.23. The highest BCUT2D eigenvalue weighted by Crippen LogP contribution is 2.25. The predicted molar refractivity (Wildman–Crippen MR) is 114 cm³/mol. The number of aromatic amines is 1. The summed E-state index contributed by atoms with van der Waals surface area (Å²) in [5.74, 6) is -0.275. The number of amides is 1. The van der Waals surface area contributed by atoms with Gasteiger partial charge < -0.3 is 10.3 Å². The molecular formula is C23H23N5O2. The van der Waals surface area contributed by atoms with Crippen LogP contribution in [0.1, 0.15) is 57.0 Å². The zero-order valence-corrected chi connectivity index (χ0v) is 17.1. The monoisotopic (exact) mass is 401 g/mol. The number of carbonyl (C=O) groups is 1. The maximum absolute atomic E-state index is 13.0. The van der Waals surface area contributed by atoms with E-state index in [1.807, 2.05) is 30.7 Å². The van der Waals surface area contributed by atoms with Gasteiger partial charge >= 0.3 is 0 Å². The summed E-state index contributed by atoms with van der Waals surface area (Å²) < 4.78 is 1.83. The number of rotatable bonds is 4. The molecule has 1 amide bonds. The normalized spacial score (nSPS) is 12.8. The van der Waals surface area contributed by atoms with E-state index in [9.17, 15) is 9.59 Å². The van der Waals surface area contributed by atoms with Crippen LogP contribution in [-0.4, -0.2) is 20.7 Å². The third-order valence-electron chi connectivity index (χ3n) is 5.62. The number of anilines is 1. The summed E-state index contributed by atoms with van der Waals surface area (Å²) in [6.45, 7) is 4.30. The number of carbonyl (C=O) groups excluding carboxylic acids is 1. The molecule has 0 saturated carbocycles. The topological polar surface area (TPSA) is 104 Å². The Hall–Kier alpha value is -3.66. The lowest BCUT2D eigenvalue weighted by atomic mass is 9.92. The molecule has 2 N–H and O–H groups in total. The van der Waals surface area contributed by atoms with Gasteiger partial charge in [-0.15, -0.1) is 0 Å². The van der Waals surface area contributed by atoms with Crippen LogP contribution in [0.3, 0.4) is 0 Å². The number of nitrogens with zero attached hydrogens (tertiary/aromatic N) is 3. The number of nitriles is 1. The number of H-pyrrole nitrogens is 1. The van der Waals surface area contributed by atoms with Crippen LogP contribution in [0, 0.1) is 25.2 Å². The zero-order valence-electron chi connectivity index (χ0n) is 17.1. The number of fused-ring (bicyclic) bond motifs is 1. The summed E-state index contributed by atoms with van der Waals surface area (Å²) in [6.07, 6.45) is 3.63. The SMILES string of the molecule is Cc1nn(Cc2ccc(C#N)cc2)c(C)c1NC(=O)c1cc(=O)[nH]c2c1CCCC2. The minimum atomic E-state index is -0.275. The maximum Gasteiger partial charge on any atom is 0.256 e. The minimum Gasteiger partial charge on any atom is -0.326 e. The van der Waals surface area contributed by atoms with Crippen LogP contribution in [0.2, 0.25) is 0 Å². The molecule has 2 aromatic heterocycles. The number of aryl methyl sites for hydroxylation is 2. The first-order valence-electron chi connectivity index (χ1n) is 10.1. The van der Waals surface area contributed by atoms with Crippen molar-refractivity contribution in [2.45, 2.75) is 46.1 Å². The Morgan fingerprint density at radius 3 is 2.70 bits per heavy atom. The maximum atomic E-state index is 13.0. The standard InChI is InChI=1S/C23H23N5O2/c1-14-22(15(2)28(27-14)13-17-9-7-16(12-24)8-10-17)26-23(30)19-11-21(29)25-20-6-4-3-5-18(19)20/h7-11H,3-6,13H2,1-2H3,(H,25,29)(H,26,30). The number of aromatic nitrogens is 3. The van der Waals surface area contributed by atoms with Gasteiger partial charge in [-0.2, -0.15) is 10.4 Å². The first kappa shape index (κ1) is 19.6. The van der Waals surface area contributed by atoms with Gasteiger partial charge in [-0.3, -0.25) is 14.3 Å². The Labute approximate surface area is 174 Å². The molecule has 1 aromatic carbocycles. The number of benzene rings is 1. The first-order valence-corrected chi connectivity index (χ1v) is 10.1. The summed E-state index contributed by atoms with van der Waals surface area (Å²) in [5, 5.41) is 16.5. The Kier molecular flexibility index (Phi) is 5.23. The number of pyridine rings is 1. The van der Waals surface area contributed by atoms with E-state index in [1.54, 1.807) is 12.1 Å². The lowest BCUT2D eigenvalue weighted by Gasteiger charge is -2.18. The number of hydrogen-bond acceptors (Lipinski definition) is 4. The predicted octanol–water partition coefficient (Wildman–Crippen LogP) is 3.24. The van der Waals surface area contributed by atoms with Gasteiger partial charge in [0.2, 0.25) is 5.56 Å². The summed E-state index contributed by atoms with van der Waals surface area (Å²) in [6, 6.07) is 10.9. The fourth-order valence-corrected chi connectivity index (χ4v) is 4.02. The fraction of sp³-hybridized carbons (Fsp3) is 0.304. The molecule has 1 aliphatic carbocycles. The molecule has 3 aromatic rings. The van der Waals surface area contributed by atoms with Gasteiger partial charge in [-0.05, 0) is 62.8 Å². The molecule has 0 atom stereocenters.